The summed E-state index contributed by atoms with van der Waals surface area (Å²) in [6, 6.07) is 16.6. The number of aryl methyl sites for hydroxylation is 1. The van der Waals surface area contributed by atoms with Crippen LogP contribution in [0.3, 0.4) is 0 Å². The molecule has 2 amide bonds. The van der Waals surface area contributed by atoms with Gasteiger partial charge in [-0.15, -0.1) is 10.2 Å². The van der Waals surface area contributed by atoms with Crippen LogP contribution in [0.15, 0.2) is 66.1 Å². The van der Waals surface area contributed by atoms with Gasteiger partial charge < -0.3 is 15.2 Å². The van der Waals surface area contributed by atoms with Crippen molar-refractivity contribution in [2.24, 2.45) is 0 Å². The van der Waals surface area contributed by atoms with Crippen LogP contribution < -0.4 is 10.6 Å². The maximum atomic E-state index is 12.8. The van der Waals surface area contributed by atoms with E-state index >= 15 is 0 Å². The number of amides is 2. The molecule has 8 heteroatoms. The number of benzene rings is 2. The lowest BCUT2D eigenvalue weighted by Crippen LogP contribution is -2.28. The highest BCUT2D eigenvalue weighted by molar-refractivity contribution is 7.99. The lowest BCUT2D eigenvalue weighted by Gasteiger charge is -2.16. The van der Waals surface area contributed by atoms with E-state index in [1.807, 2.05) is 48.7 Å². The quantitative estimate of drug-likeness (QED) is 0.556. The van der Waals surface area contributed by atoms with Gasteiger partial charge in [-0.2, -0.15) is 0 Å². The fraction of sp³-hybridized carbons (Fsp3) is 0.238. The number of para-hydroxylation sites is 1. The Labute approximate surface area is 173 Å². The summed E-state index contributed by atoms with van der Waals surface area (Å²) in [5.41, 5.74) is 1.91. The van der Waals surface area contributed by atoms with E-state index in [1.165, 1.54) is 11.8 Å². The van der Waals surface area contributed by atoms with Crippen LogP contribution in [0, 0.1) is 0 Å². The molecule has 150 valence electrons. The monoisotopic (exact) mass is 409 g/mol. The molecular formula is C21H23N5O2S. The molecule has 0 aliphatic carbocycles. The molecule has 1 aromatic heterocycles. The van der Waals surface area contributed by atoms with Crippen LogP contribution in [0.4, 0.5) is 5.69 Å². The molecule has 1 atom stereocenters. The minimum atomic E-state index is -0.240. The number of nitrogens with zero attached hydrogens (tertiary/aromatic N) is 3. The Bertz CT molecular complexity index is 974. The standard InChI is InChI=1S/C21H23N5O2S/c1-3-26-14-22-25-21(26)29-13-19(27)24-18-12-8-7-11-17(18)20(28)23-15(2)16-9-5-4-6-10-16/h4-12,14-15H,3,13H2,1-2H3,(H,23,28)(H,24,27)/t15-/m0/s1. The summed E-state index contributed by atoms with van der Waals surface area (Å²) in [6.07, 6.45) is 1.63. The first kappa shape index (κ1) is 20.6. The zero-order valence-electron chi connectivity index (χ0n) is 16.3. The molecule has 0 unspecified atom stereocenters. The molecule has 0 fully saturated rings. The minimum absolute atomic E-state index is 0.150. The van der Waals surface area contributed by atoms with E-state index in [4.69, 9.17) is 0 Å². The van der Waals surface area contributed by atoms with Crippen molar-refractivity contribution in [1.29, 1.82) is 0 Å². The van der Waals surface area contributed by atoms with Crippen molar-refractivity contribution in [3.8, 4) is 0 Å². The van der Waals surface area contributed by atoms with E-state index in [0.717, 1.165) is 12.1 Å². The summed E-state index contributed by atoms with van der Waals surface area (Å²) < 4.78 is 1.87. The van der Waals surface area contributed by atoms with Crippen LogP contribution in [-0.2, 0) is 11.3 Å². The molecule has 0 aliphatic rings. The Kier molecular flexibility index (Phi) is 7.02. The van der Waals surface area contributed by atoms with E-state index in [0.29, 0.717) is 16.4 Å². The summed E-state index contributed by atoms with van der Waals surface area (Å²) in [7, 11) is 0. The molecule has 0 bridgehead atoms. The molecule has 3 rings (SSSR count). The normalized spacial score (nSPS) is 11.7. The largest absolute Gasteiger partial charge is 0.345 e. The van der Waals surface area contributed by atoms with Gasteiger partial charge in [-0.3, -0.25) is 9.59 Å². The smallest absolute Gasteiger partial charge is 0.253 e. The molecule has 0 saturated heterocycles. The van der Waals surface area contributed by atoms with Crippen LogP contribution in [0.25, 0.3) is 0 Å². The third kappa shape index (κ3) is 5.45. The van der Waals surface area contributed by atoms with Crippen molar-refractivity contribution in [3.63, 3.8) is 0 Å². The highest BCUT2D eigenvalue weighted by Gasteiger charge is 2.16. The number of hydrogen-bond donors (Lipinski definition) is 2. The van der Waals surface area contributed by atoms with Crippen LogP contribution in [0.5, 0.6) is 0 Å². The maximum Gasteiger partial charge on any atom is 0.253 e. The zero-order chi connectivity index (χ0) is 20.6. The van der Waals surface area contributed by atoms with Crippen molar-refractivity contribution < 1.29 is 9.59 Å². The average Bonchev–Trinajstić information content (AvgIpc) is 3.21. The van der Waals surface area contributed by atoms with E-state index in [1.54, 1.807) is 30.6 Å². The highest BCUT2D eigenvalue weighted by Crippen LogP contribution is 2.19. The Morgan fingerprint density at radius 1 is 1.10 bits per heavy atom. The summed E-state index contributed by atoms with van der Waals surface area (Å²) >= 11 is 1.30. The van der Waals surface area contributed by atoms with Crippen molar-refractivity contribution >= 4 is 29.3 Å². The first-order chi connectivity index (χ1) is 14.1. The first-order valence-corrected chi connectivity index (χ1v) is 10.3. The lowest BCUT2D eigenvalue weighted by molar-refractivity contribution is -0.113. The molecule has 3 aromatic rings. The second-order valence-corrected chi connectivity index (χ2v) is 7.33. The number of rotatable bonds is 8. The van der Waals surface area contributed by atoms with Crippen molar-refractivity contribution in [3.05, 3.63) is 72.1 Å². The van der Waals surface area contributed by atoms with Crippen LogP contribution in [0.2, 0.25) is 0 Å². The number of hydrogen-bond acceptors (Lipinski definition) is 5. The lowest BCUT2D eigenvalue weighted by atomic mass is 10.1. The van der Waals surface area contributed by atoms with Crippen LogP contribution >= 0.6 is 11.8 Å². The summed E-state index contributed by atoms with van der Waals surface area (Å²) in [5, 5.41) is 14.3. The second kappa shape index (κ2) is 9.88. The van der Waals surface area contributed by atoms with Gasteiger partial charge in [0.1, 0.15) is 6.33 Å². The van der Waals surface area contributed by atoms with Crippen LogP contribution in [-0.4, -0.2) is 32.3 Å². The highest BCUT2D eigenvalue weighted by atomic mass is 32.2. The van der Waals surface area contributed by atoms with Gasteiger partial charge >= 0.3 is 0 Å². The maximum absolute atomic E-state index is 12.8. The Balaban J connectivity index is 1.63. The fourth-order valence-corrected chi connectivity index (χ4v) is 3.56. The predicted octanol–water partition coefficient (Wildman–Crippen LogP) is 3.52. The van der Waals surface area contributed by atoms with Crippen molar-refractivity contribution in [1.82, 2.24) is 20.1 Å². The molecule has 2 aromatic carbocycles. The Morgan fingerprint density at radius 3 is 2.59 bits per heavy atom. The van der Waals surface area contributed by atoms with Gasteiger partial charge in [0, 0.05) is 6.54 Å². The van der Waals surface area contributed by atoms with E-state index in [9.17, 15) is 9.59 Å². The molecule has 0 aliphatic heterocycles. The van der Waals surface area contributed by atoms with Gasteiger partial charge in [0.15, 0.2) is 5.16 Å². The summed E-state index contributed by atoms with van der Waals surface area (Å²) in [4.78, 5) is 25.2. The number of carbonyl (C=O) groups excluding carboxylic acids is 2. The molecule has 7 nitrogen and oxygen atoms in total. The molecular weight excluding hydrogens is 386 g/mol. The van der Waals surface area contributed by atoms with E-state index in [-0.39, 0.29) is 23.6 Å². The number of nitrogens with one attached hydrogen (secondary N) is 2. The summed E-state index contributed by atoms with van der Waals surface area (Å²) in [5.74, 6) is -0.276. The molecule has 0 saturated carbocycles. The van der Waals surface area contributed by atoms with Gasteiger partial charge in [-0.1, -0.05) is 54.2 Å². The molecule has 29 heavy (non-hydrogen) atoms. The average molecular weight is 410 g/mol. The van der Waals surface area contributed by atoms with Gasteiger partial charge in [0.05, 0.1) is 23.0 Å². The third-order valence-corrected chi connectivity index (χ3v) is 5.33. The zero-order valence-corrected chi connectivity index (χ0v) is 17.1. The minimum Gasteiger partial charge on any atom is -0.345 e. The van der Waals surface area contributed by atoms with E-state index < -0.39 is 0 Å². The van der Waals surface area contributed by atoms with Crippen molar-refractivity contribution in [2.45, 2.75) is 31.6 Å². The van der Waals surface area contributed by atoms with Crippen molar-refractivity contribution in [2.75, 3.05) is 11.1 Å². The van der Waals surface area contributed by atoms with Gasteiger partial charge in [0.25, 0.3) is 5.91 Å². The van der Waals surface area contributed by atoms with Crippen LogP contribution in [0.1, 0.15) is 35.8 Å². The molecule has 1 heterocycles. The Hall–Kier alpha value is -3.13. The number of thioether (sulfide) groups is 1. The van der Waals surface area contributed by atoms with Gasteiger partial charge in [0.2, 0.25) is 5.91 Å². The Morgan fingerprint density at radius 2 is 1.83 bits per heavy atom. The molecule has 0 spiro atoms. The first-order valence-electron chi connectivity index (χ1n) is 9.33. The van der Waals surface area contributed by atoms with E-state index in [2.05, 4.69) is 20.8 Å². The number of aromatic nitrogens is 3. The predicted molar refractivity (Wildman–Crippen MR) is 114 cm³/mol. The summed E-state index contributed by atoms with van der Waals surface area (Å²) in [6.45, 7) is 4.65. The SMILES string of the molecule is CCn1cnnc1SCC(=O)Nc1ccccc1C(=O)N[C@@H](C)c1ccccc1. The molecule has 0 radical (unpaired) electrons. The fourth-order valence-electron chi connectivity index (χ4n) is 2.78. The van der Waals surface area contributed by atoms with Gasteiger partial charge in [-0.05, 0) is 31.5 Å². The van der Waals surface area contributed by atoms with Gasteiger partial charge in [-0.25, -0.2) is 0 Å². The topological polar surface area (TPSA) is 88.9 Å². The molecule has 2 N–H and O–H groups in total. The third-order valence-electron chi connectivity index (χ3n) is 4.35. The second-order valence-electron chi connectivity index (χ2n) is 6.39. The number of carbonyl (C=O) groups is 2. The number of anilines is 1.